The molecular formula is C13H16N2O2. The van der Waals surface area contributed by atoms with Gasteiger partial charge in [0, 0.05) is 5.54 Å². The lowest BCUT2D eigenvalue weighted by molar-refractivity contribution is -0.130. The first kappa shape index (κ1) is 11.6. The second kappa shape index (κ2) is 3.87. The summed E-state index contributed by atoms with van der Waals surface area (Å²) in [6, 6.07) is 8.40. The summed E-state index contributed by atoms with van der Waals surface area (Å²) in [7, 11) is 0. The minimum atomic E-state index is -0.553. The molecule has 1 aromatic rings. The van der Waals surface area contributed by atoms with Gasteiger partial charge in [-0.3, -0.25) is 9.69 Å². The highest BCUT2D eigenvalue weighted by Crippen LogP contribution is 2.27. The number of carbonyl (C=O) groups excluding carboxylic acids is 2. The number of hydrogen-bond acceptors (Lipinski definition) is 2. The molecule has 0 bridgehead atoms. The zero-order valence-corrected chi connectivity index (χ0v) is 10.2. The van der Waals surface area contributed by atoms with Crippen LogP contribution in [0.15, 0.2) is 30.3 Å². The van der Waals surface area contributed by atoms with Crippen molar-refractivity contribution in [1.29, 1.82) is 0 Å². The van der Waals surface area contributed by atoms with Crippen molar-refractivity contribution in [3.8, 4) is 0 Å². The van der Waals surface area contributed by atoms with Crippen molar-refractivity contribution in [2.75, 3.05) is 0 Å². The maximum Gasteiger partial charge on any atom is 0.325 e. The minimum Gasteiger partial charge on any atom is -0.322 e. The van der Waals surface area contributed by atoms with Crippen LogP contribution < -0.4 is 5.32 Å². The van der Waals surface area contributed by atoms with Crippen LogP contribution in [0.2, 0.25) is 0 Å². The zero-order valence-electron chi connectivity index (χ0n) is 10.2. The highest BCUT2D eigenvalue weighted by molar-refractivity contribution is 6.05. The average Bonchev–Trinajstić information content (AvgIpc) is 2.54. The van der Waals surface area contributed by atoms with E-state index < -0.39 is 11.6 Å². The van der Waals surface area contributed by atoms with E-state index in [0.29, 0.717) is 0 Å². The van der Waals surface area contributed by atoms with Crippen LogP contribution in [0.3, 0.4) is 0 Å². The maximum absolute atomic E-state index is 12.2. The van der Waals surface area contributed by atoms with Crippen molar-refractivity contribution in [3.05, 3.63) is 35.9 Å². The Hall–Kier alpha value is -1.84. The van der Waals surface area contributed by atoms with E-state index in [-0.39, 0.29) is 11.9 Å². The largest absolute Gasteiger partial charge is 0.325 e. The molecule has 4 heteroatoms. The number of amides is 3. The standard InChI is InChI=1S/C13H16N2O2/c1-13(2,3)15-11(16)10(14-12(15)17)9-7-5-4-6-8-9/h4-8,10H,1-3H3,(H,14,17). The molecule has 1 unspecified atom stereocenters. The summed E-state index contributed by atoms with van der Waals surface area (Å²) in [4.78, 5) is 25.3. The molecule has 17 heavy (non-hydrogen) atoms. The van der Waals surface area contributed by atoms with Gasteiger partial charge >= 0.3 is 6.03 Å². The number of urea groups is 1. The lowest BCUT2D eigenvalue weighted by atomic mass is 10.0. The number of carbonyl (C=O) groups is 2. The Kier molecular flexibility index (Phi) is 2.65. The van der Waals surface area contributed by atoms with E-state index in [1.54, 1.807) is 0 Å². The van der Waals surface area contributed by atoms with Gasteiger partial charge in [-0.2, -0.15) is 0 Å². The molecule has 1 saturated heterocycles. The highest BCUT2D eigenvalue weighted by Gasteiger charge is 2.44. The van der Waals surface area contributed by atoms with Crippen molar-refractivity contribution in [1.82, 2.24) is 10.2 Å². The molecule has 1 aliphatic heterocycles. The van der Waals surface area contributed by atoms with Crippen molar-refractivity contribution in [2.45, 2.75) is 32.4 Å². The monoisotopic (exact) mass is 232 g/mol. The molecule has 1 N–H and O–H groups in total. The fourth-order valence-electron chi connectivity index (χ4n) is 1.99. The number of hydrogen-bond donors (Lipinski definition) is 1. The first-order chi connectivity index (χ1) is 7.91. The van der Waals surface area contributed by atoms with Gasteiger partial charge in [-0.25, -0.2) is 4.79 Å². The van der Waals surface area contributed by atoms with Gasteiger partial charge in [0.05, 0.1) is 0 Å². The summed E-state index contributed by atoms with van der Waals surface area (Å²) in [6.07, 6.45) is 0. The maximum atomic E-state index is 12.2. The first-order valence-electron chi connectivity index (χ1n) is 5.61. The summed E-state index contributed by atoms with van der Waals surface area (Å²) in [6.45, 7) is 5.54. The summed E-state index contributed by atoms with van der Waals surface area (Å²) in [5.41, 5.74) is 0.322. The van der Waals surface area contributed by atoms with E-state index in [0.717, 1.165) is 5.56 Å². The van der Waals surface area contributed by atoms with Crippen molar-refractivity contribution in [3.63, 3.8) is 0 Å². The Morgan fingerprint density at radius 1 is 1.12 bits per heavy atom. The Bertz CT molecular complexity index is 448. The summed E-state index contributed by atoms with van der Waals surface area (Å²) < 4.78 is 0. The van der Waals surface area contributed by atoms with Gasteiger partial charge < -0.3 is 5.32 Å². The molecule has 4 nitrogen and oxygen atoms in total. The zero-order chi connectivity index (χ0) is 12.6. The Balaban J connectivity index is 2.31. The molecule has 0 saturated carbocycles. The van der Waals surface area contributed by atoms with Gasteiger partial charge in [-0.1, -0.05) is 30.3 Å². The summed E-state index contributed by atoms with van der Waals surface area (Å²) >= 11 is 0. The van der Waals surface area contributed by atoms with E-state index in [1.807, 2.05) is 51.1 Å². The fourth-order valence-corrected chi connectivity index (χ4v) is 1.99. The molecule has 0 aromatic heterocycles. The van der Waals surface area contributed by atoms with Crippen LogP contribution in [0.4, 0.5) is 4.79 Å². The number of nitrogens with one attached hydrogen (secondary N) is 1. The predicted molar refractivity (Wildman–Crippen MR) is 64.3 cm³/mol. The van der Waals surface area contributed by atoms with Gasteiger partial charge in [0.1, 0.15) is 6.04 Å². The number of rotatable bonds is 1. The van der Waals surface area contributed by atoms with Crippen molar-refractivity contribution >= 4 is 11.9 Å². The molecule has 2 rings (SSSR count). The average molecular weight is 232 g/mol. The van der Waals surface area contributed by atoms with Gasteiger partial charge in [-0.05, 0) is 26.3 Å². The fraction of sp³-hybridized carbons (Fsp3) is 0.385. The van der Waals surface area contributed by atoms with Gasteiger partial charge in [0.15, 0.2) is 0 Å². The van der Waals surface area contributed by atoms with Crippen LogP contribution >= 0.6 is 0 Å². The van der Waals surface area contributed by atoms with Gasteiger partial charge in [-0.15, -0.1) is 0 Å². The number of benzene rings is 1. The van der Waals surface area contributed by atoms with E-state index in [9.17, 15) is 9.59 Å². The van der Waals surface area contributed by atoms with Crippen LogP contribution in [-0.2, 0) is 4.79 Å². The van der Waals surface area contributed by atoms with Crippen LogP contribution in [0, 0.1) is 0 Å². The molecule has 3 amide bonds. The van der Waals surface area contributed by atoms with E-state index in [2.05, 4.69) is 5.32 Å². The topological polar surface area (TPSA) is 49.4 Å². The first-order valence-corrected chi connectivity index (χ1v) is 5.61. The molecule has 90 valence electrons. The Labute approximate surface area is 101 Å². The SMILES string of the molecule is CC(C)(C)N1C(=O)NC(c2ccccc2)C1=O. The summed E-state index contributed by atoms with van der Waals surface area (Å²) in [5, 5.41) is 2.71. The van der Waals surface area contributed by atoms with Crippen LogP contribution in [-0.4, -0.2) is 22.4 Å². The highest BCUT2D eigenvalue weighted by atomic mass is 16.2. The minimum absolute atomic E-state index is 0.186. The van der Waals surface area contributed by atoms with E-state index in [4.69, 9.17) is 0 Å². The number of imide groups is 1. The number of nitrogens with zero attached hydrogens (tertiary/aromatic N) is 1. The Morgan fingerprint density at radius 3 is 2.18 bits per heavy atom. The third-order valence-electron chi connectivity index (χ3n) is 2.74. The third kappa shape index (κ3) is 2.02. The quantitative estimate of drug-likeness (QED) is 0.754. The molecule has 0 spiro atoms. The molecule has 1 heterocycles. The summed E-state index contributed by atoms with van der Waals surface area (Å²) in [5.74, 6) is -0.186. The molecule has 0 aliphatic carbocycles. The van der Waals surface area contributed by atoms with E-state index in [1.165, 1.54) is 4.90 Å². The molecule has 1 aliphatic rings. The van der Waals surface area contributed by atoms with Crippen LogP contribution in [0.25, 0.3) is 0 Å². The van der Waals surface area contributed by atoms with Crippen molar-refractivity contribution < 1.29 is 9.59 Å². The molecular weight excluding hydrogens is 216 g/mol. The smallest absolute Gasteiger partial charge is 0.322 e. The second-order valence-electron chi connectivity index (χ2n) is 5.14. The Morgan fingerprint density at radius 2 is 1.71 bits per heavy atom. The molecule has 0 radical (unpaired) electrons. The lowest BCUT2D eigenvalue weighted by Crippen LogP contribution is -2.45. The van der Waals surface area contributed by atoms with Crippen LogP contribution in [0.5, 0.6) is 0 Å². The van der Waals surface area contributed by atoms with Crippen LogP contribution in [0.1, 0.15) is 32.4 Å². The van der Waals surface area contributed by atoms with Gasteiger partial charge in [0.2, 0.25) is 0 Å². The molecule has 1 atom stereocenters. The predicted octanol–water partition coefficient (Wildman–Crippen LogP) is 2.08. The third-order valence-corrected chi connectivity index (χ3v) is 2.74. The van der Waals surface area contributed by atoms with Gasteiger partial charge in [0.25, 0.3) is 5.91 Å². The van der Waals surface area contributed by atoms with Crippen molar-refractivity contribution in [2.24, 2.45) is 0 Å². The molecule has 1 fully saturated rings. The molecule has 1 aromatic carbocycles. The lowest BCUT2D eigenvalue weighted by Gasteiger charge is -2.28. The second-order valence-corrected chi connectivity index (χ2v) is 5.14. The van der Waals surface area contributed by atoms with E-state index >= 15 is 0 Å². The normalized spacial score (nSPS) is 20.6.